The van der Waals surface area contributed by atoms with Crippen molar-refractivity contribution in [1.29, 1.82) is 0 Å². The van der Waals surface area contributed by atoms with Gasteiger partial charge in [0, 0.05) is 85.5 Å². The van der Waals surface area contributed by atoms with Gasteiger partial charge in [-0.05, 0) is 128 Å². The van der Waals surface area contributed by atoms with Gasteiger partial charge in [0.05, 0.1) is 58.0 Å². The maximum Gasteiger partial charge on any atom is 0.246 e. The van der Waals surface area contributed by atoms with Gasteiger partial charge >= 0.3 is 0 Å². The lowest BCUT2D eigenvalue weighted by molar-refractivity contribution is -0.148. The normalized spacial score (nSPS) is 17.1. The van der Waals surface area contributed by atoms with Crippen LogP contribution in [0.1, 0.15) is 142 Å². The number of methoxy groups -OCH3 is 3. The minimum Gasteiger partial charge on any atom is -0.497 e. The van der Waals surface area contributed by atoms with Gasteiger partial charge in [-0.15, -0.1) is 0 Å². The van der Waals surface area contributed by atoms with E-state index in [1.165, 1.54) is 12.0 Å². The summed E-state index contributed by atoms with van der Waals surface area (Å²) in [5.41, 5.74) is 4.18. The van der Waals surface area contributed by atoms with Crippen molar-refractivity contribution < 1.29 is 57.2 Å². The highest BCUT2D eigenvalue weighted by molar-refractivity contribution is 6.03. The van der Waals surface area contributed by atoms with E-state index in [0.29, 0.717) is 78.1 Å². The van der Waals surface area contributed by atoms with Crippen LogP contribution in [0, 0.1) is 29.1 Å². The lowest BCUT2D eigenvalue weighted by Crippen LogP contribution is -2.57. The van der Waals surface area contributed by atoms with Crippen molar-refractivity contribution in [1.82, 2.24) is 25.3 Å². The SMILES string of the molecule is COc1ccc(C2=CN(C=O)C(/C=N\c3cc(OCC(C)(C)CC(C)(C)COc4cc(/N=C\C5CC(c6ccc(NC(=O)C(C)NC(=O)C(NC(=O)C(C)(C)CC(C)(C)N7C(=O)CCC7=O)C(C)C)cc6)=CN5C)c(C=O)cc4OC)c(OC)cc3C)C2)cc1. The van der Waals surface area contributed by atoms with Gasteiger partial charge in [-0.1, -0.05) is 79.7 Å². The first-order valence-corrected chi connectivity index (χ1v) is 30.5. The molecular weight excluding hydrogens is 1140 g/mol. The number of imide groups is 1. The summed E-state index contributed by atoms with van der Waals surface area (Å²) in [6.45, 7) is 23.2. The largest absolute Gasteiger partial charge is 0.497 e. The third-order valence-electron chi connectivity index (χ3n) is 16.6. The second kappa shape index (κ2) is 28.8. The molecule has 4 aromatic carbocycles. The van der Waals surface area contributed by atoms with Crippen LogP contribution in [0.2, 0.25) is 0 Å². The minimum atomic E-state index is -1.05. The van der Waals surface area contributed by atoms with Gasteiger partial charge in [0.2, 0.25) is 35.9 Å². The van der Waals surface area contributed by atoms with E-state index in [2.05, 4.69) is 43.6 Å². The van der Waals surface area contributed by atoms with Crippen LogP contribution in [0.3, 0.4) is 0 Å². The monoisotopic (exact) mass is 1230 g/mol. The Bertz CT molecular complexity index is 3420. The maximum absolute atomic E-state index is 13.7. The third kappa shape index (κ3) is 17.1. The van der Waals surface area contributed by atoms with Crippen molar-refractivity contribution in [2.75, 3.05) is 46.9 Å². The fourth-order valence-corrected chi connectivity index (χ4v) is 12.1. The maximum atomic E-state index is 13.7. The van der Waals surface area contributed by atoms with Crippen molar-refractivity contribution in [3.8, 4) is 28.7 Å². The summed E-state index contributed by atoms with van der Waals surface area (Å²) in [5, 5.41) is 8.49. The van der Waals surface area contributed by atoms with Crippen LogP contribution in [0.4, 0.5) is 17.1 Å². The van der Waals surface area contributed by atoms with Crippen molar-refractivity contribution in [3.05, 3.63) is 107 Å². The fourth-order valence-electron chi connectivity index (χ4n) is 12.1. The summed E-state index contributed by atoms with van der Waals surface area (Å²) in [5.74, 6) is 0.473. The zero-order valence-electron chi connectivity index (χ0n) is 55.1. The molecule has 1 fully saturated rings. The molecule has 0 spiro atoms. The molecule has 0 saturated carbocycles. The Kier molecular flexibility index (Phi) is 22.0. The van der Waals surface area contributed by atoms with Crippen molar-refractivity contribution in [3.63, 3.8) is 0 Å². The quantitative estimate of drug-likeness (QED) is 0.0261. The van der Waals surface area contributed by atoms with E-state index < -0.39 is 40.8 Å². The zero-order valence-corrected chi connectivity index (χ0v) is 55.1. The number of ether oxygens (including phenoxy) is 5. The van der Waals surface area contributed by atoms with Crippen LogP contribution in [0.15, 0.2) is 95.2 Å². The van der Waals surface area contributed by atoms with Gasteiger partial charge < -0.3 is 49.4 Å². The average Bonchev–Trinajstić information content (AvgIpc) is 1.68. The highest BCUT2D eigenvalue weighted by atomic mass is 16.5. The number of aldehydes is 1. The number of rotatable bonds is 29. The molecule has 3 N–H and O–H groups in total. The Hall–Kier alpha value is -8.81. The zero-order chi connectivity index (χ0) is 66.0. The molecule has 0 bridgehead atoms. The molecule has 3 aliphatic heterocycles. The molecule has 4 aromatic rings. The highest BCUT2D eigenvalue weighted by Gasteiger charge is 2.46. The summed E-state index contributed by atoms with van der Waals surface area (Å²) < 4.78 is 29.8. The predicted octanol–water partition coefficient (Wildman–Crippen LogP) is 11.1. The molecule has 482 valence electrons. The van der Waals surface area contributed by atoms with Crippen molar-refractivity contribution in [2.45, 2.75) is 151 Å². The van der Waals surface area contributed by atoms with Gasteiger partial charge in [0.25, 0.3) is 0 Å². The lowest BCUT2D eigenvalue weighted by atomic mass is 9.76. The number of likely N-dealkylation sites (tertiary alicyclic amines) is 1. The van der Waals surface area contributed by atoms with Gasteiger partial charge in [-0.3, -0.25) is 48.4 Å². The molecule has 3 heterocycles. The number of nitrogens with zero attached hydrogens (tertiary/aromatic N) is 5. The number of hydrogen-bond donors (Lipinski definition) is 3. The van der Waals surface area contributed by atoms with Crippen LogP contribution >= 0.6 is 0 Å². The number of carbonyl (C=O) groups is 7. The summed E-state index contributed by atoms with van der Waals surface area (Å²) in [7, 11) is 6.72. The molecule has 20 heteroatoms. The molecule has 6 amide bonds. The number of hydrogen-bond acceptors (Lipinski definition) is 15. The Balaban J connectivity index is 0.912. The molecule has 4 atom stereocenters. The second-order valence-electron chi connectivity index (χ2n) is 26.9. The van der Waals surface area contributed by atoms with Gasteiger partial charge in [-0.25, -0.2) is 0 Å². The first kappa shape index (κ1) is 68.7. The molecule has 0 aliphatic carbocycles. The van der Waals surface area contributed by atoms with E-state index in [-0.39, 0.29) is 59.9 Å². The number of amides is 6. The van der Waals surface area contributed by atoms with Crippen LogP contribution < -0.4 is 39.6 Å². The Labute approximate surface area is 529 Å². The average molecular weight is 1240 g/mol. The van der Waals surface area contributed by atoms with Crippen LogP contribution in [-0.4, -0.2) is 141 Å². The van der Waals surface area contributed by atoms with E-state index in [0.717, 1.165) is 46.3 Å². The highest BCUT2D eigenvalue weighted by Crippen LogP contribution is 2.42. The second-order valence-corrected chi connectivity index (χ2v) is 26.9. The Morgan fingerprint density at radius 1 is 0.656 bits per heavy atom. The lowest BCUT2D eigenvalue weighted by Gasteiger charge is -2.40. The van der Waals surface area contributed by atoms with Crippen LogP contribution in [-0.2, 0) is 28.8 Å². The summed E-state index contributed by atoms with van der Waals surface area (Å²) >= 11 is 0. The summed E-state index contributed by atoms with van der Waals surface area (Å²) in [6, 6.07) is 20.0. The molecule has 3 aliphatic rings. The molecular formula is C70H90N8O12. The molecule has 1 saturated heterocycles. The van der Waals surface area contributed by atoms with Crippen LogP contribution in [0.25, 0.3) is 11.1 Å². The molecule has 0 radical (unpaired) electrons. The minimum absolute atomic E-state index is 0.143. The number of nitrogens with one attached hydrogen (secondary N) is 3. The van der Waals surface area contributed by atoms with E-state index >= 15 is 0 Å². The van der Waals surface area contributed by atoms with Gasteiger partial charge in [0.1, 0.15) is 17.8 Å². The number of anilines is 1. The standard InChI is InChI=1S/C70H90N8O12/c1-43(2)63(75-66(85)69(9,10)39-70(11,12)78-61(81)25-26-62(78)82)65(84)73-45(4)64(83)74-51-21-17-46(18-22-51)48-28-52(76(13)35-48)33-72-56-32-60(58(88-16)30-50(56)37-79)90-41-68(7,8)38-67(5,6)40-89-59-31-55(44(3)27-57(59)87-15)71-34-53-29-49(36-77(53)42-80)47-19-23-54(86-14)24-20-47/h17-24,27,30-37,42-43,45,52-53,63H,25-26,28-29,38-41H2,1-16H3,(H,73,84)(H,74,83)(H,75,85)/b71-34-,72-33-. The van der Waals surface area contributed by atoms with Gasteiger partial charge in [0.15, 0.2) is 29.3 Å². The smallest absolute Gasteiger partial charge is 0.246 e. The summed E-state index contributed by atoms with van der Waals surface area (Å²) in [6.07, 6.45) is 11.4. The molecule has 4 unspecified atom stereocenters. The van der Waals surface area contributed by atoms with Crippen LogP contribution in [0.5, 0.6) is 28.7 Å². The number of aryl methyl sites for hydroxylation is 1. The molecule has 20 nitrogen and oxygen atoms in total. The van der Waals surface area contributed by atoms with Crippen molar-refractivity contribution in [2.24, 2.45) is 32.1 Å². The van der Waals surface area contributed by atoms with E-state index in [1.54, 1.807) is 98.1 Å². The fraction of sp³-hybridized carbons (Fsp3) is 0.471. The van der Waals surface area contributed by atoms with E-state index in [1.807, 2.05) is 86.0 Å². The first-order valence-electron chi connectivity index (χ1n) is 30.5. The molecule has 90 heavy (non-hydrogen) atoms. The molecule has 0 aromatic heterocycles. The van der Waals surface area contributed by atoms with E-state index in [4.69, 9.17) is 33.7 Å². The number of benzene rings is 4. The third-order valence-corrected chi connectivity index (χ3v) is 16.6. The Morgan fingerprint density at radius 3 is 1.74 bits per heavy atom. The topological polar surface area (TPSA) is 236 Å². The predicted molar refractivity (Wildman–Crippen MR) is 350 cm³/mol. The van der Waals surface area contributed by atoms with Gasteiger partial charge in [-0.2, -0.15) is 0 Å². The number of carbonyl (C=O) groups excluding carboxylic acids is 7. The van der Waals surface area contributed by atoms with Crippen molar-refractivity contribution >= 4 is 82.9 Å². The summed E-state index contributed by atoms with van der Waals surface area (Å²) in [4.78, 5) is 105. The van der Waals surface area contributed by atoms with E-state index in [9.17, 15) is 33.6 Å². The Morgan fingerprint density at radius 2 is 1.19 bits per heavy atom. The molecule has 7 rings (SSSR count). The number of aliphatic imine (C=N–C) groups is 2. The first-order chi connectivity index (χ1) is 42.4.